The number of aliphatic hydroxyl groups excluding tert-OH is 1. The molecule has 1 aliphatic rings. The van der Waals surface area contributed by atoms with Gasteiger partial charge in [0.05, 0.1) is 18.7 Å². The number of hydrogen-bond acceptors (Lipinski definition) is 12. The molecular weight excluding hydrogens is 971 g/mol. The number of carbonyl (C=O) groups is 9. The van der Waals surface area contributed by atoms with Gasteiger partial charge in [-0.25, -0.2) is 10.9 Å². The Kier molecular flexibility index (Phi) is 22.4. The Morgan fingerprint density at radius 1 is 0.737 bits per heavy atom. The summed E-state index contributed by atoms with van der Waals surface area (Å²) in [7, 11) is 0. The second-order valence-electron chi connectivity index (χ2n) is 21.5. The van der Waals surface area contributed by atoms with Crippen molar-refractivity contribution in [1.82, 2.24) is 36.8 Å². The van der Waals surface area contributed by atoms with Gasteiger partial charge in [0, 0.05) is 71.2 Å². The Balaban J connectivity index is 1.58. The van der Waals surface area contributed by atoms with Crippen LogP contribution in [0.5, 0.6) is 0 Å². The average Bonchev–Trinajstić information content (AvgIpc) is 3.99. The van der Waals surface area contributed by atoms with E-state index in [1.54, 1.807) is 26.2 Å². The Morgan fingerprint density at radius 3 is 1.91 bits per heavy atom. The van der Waals surface area contributed by atoms with Crippen LogP contribution >= 0.6 is 0 Å². The van der Waals surface area contributed by atoms with Crippen LogP contribution in [-0.4, -0.2) is 104 Å². The number of aliphatic hydroxyl groups is 1. The third kappa shape index (κ3) is 17.1. The van der Waals surface area contributed by atoms with Gasteiger partial charge in [-0.1, -0.05) is 88.6 Å². The predicted molar refractivity (Wildman–Crippen MR) is 290 cm³/mol. The number of aromatic amines is 2. The van der Waals surface area contributed by atoms with Crippen molar-refractivity contribution in [3.8, 4) is 0 Å². The summed E-state index contributed by atoms with van der Waals surface area (Å²) in [4.78, 5) is 131. The van der Waals surface area contributed by atoms with Gasteiger partial charge in [-0.2, -0.15) is 0 Å². The summed E-state index contributed by atoms with van der Waals surface area (Å²) in [5.74, 6) is -7.70. The maximum atomic E-state index is 15.1. The van der Waals surface area contributed by atoms with Crippen LogP contribution in [0.2, 0.25) is 0 Å². The number of H-pyrrole nitrogens is 2. The number of amides is 5. The summed E-state index contributed by atoms with van der Waals surface area (Å²) in [5.41, 5.74) is 17.3. The van der Waals surface area contributed by atoms with Gasteiger partial charge in [0.15, 0.2) is 0 Å². The highest BCUT2D eigenvalue weighted by Crippen LogP contribution is 2.35. The van der Waals surface area contributed by atoms with Crippen molar-refractivity contribution in [2.24, 2.45) is 28.7 Å². The van der Waals surface area contributed by atoms with Gasteiger partial charge < -0.3 is 42.5 Å². The van der Waals surface area contributed by atoms with Crippen LogP contribution in [0.15, 0.2) is 73.1 Å². The number of carbonyl (C=O) groups excluding carboxylic acids is 9. The molecule has 3 heterocycles. The minimum Gasteiger partial charge on any atom is -0.394 e. The first-order valence-corrected chi connectivity index (χ1v) is 26.6. The first-order chi connectivity index (χ1) is 36.1. The molecule has 0 saturated carbocycles. The number of rotatable bonds is 15. The number of Topliss-reactive ketones (excluding diaryl/α,β-unsaturated/α-hetero) is 4. The van der Waals surface area contributed by atoms with Gasteiger partial charge in [0.2, 0.25) is 41.1 Å². The lowest BCUT2D eigenvalue weighted by Gasteiger charge is -2.33. The largest absolute Gasteiger partial charge is 0.394 e. The molecule has 0 fully saturated rings. The van der Waals surface area contributed by atoms with Gasteiger partial charge in [-0.15, -0.1) is 0 Å². The van der Waals surface area contributed by atoms with Crippen LogP contribution in [0.1, 0.15) is 136 Å². The molecule has 12 N–H and O–H groups in total. The summed E-state index contributed by atoms with van der Waals surface area (Å²) >= 11 is 0. The summed E-state index contributed by atoms with van der Waals surface area (Å²) in [6.07, 6.45) is 12.1. The van der Waals surface area contributed by atoms with E-state index in [1.807, 2.05) is 74.5 Å². The number of hydrogen-bond donors (Lipinski definition) is 10. The van der Waals surface area contributed by atoms with E-state index < -0.39 is 95.2 Å². The van der Waals surface area contributed by atoms with Crippen molar-refractivity contribution < 1.29 is 48.3 Å². The van der Waals surface area contributed by atoms with Crippen molar-refractivity contribution in [3.63, 3.8) is 0 Å². The van der Waals surface area contributed by atoms with Gasteiger partial charge in [-0.05, 0) is 101 Å². The molecule has 2 aromatic heterocycles. The molecule has 7 atom stereocenters. The molecule has 19 nitrogen and oxygen atoms in total. The summed E-state index contributed by atoms with van der Waals surface area (Å²) in [6, 6.07) is 9.19. The molecule has 2 aromatic carbocycles. The smallest absolute Gasteiger partial charge is 0.243 e. The molecule has 0 radical (unpaired) electrons. The summed E-state index contributed by atoms with van der Waals surface area (Å²) in [5, 5.41) is 19.5. The molecular formula is C57H79N9O10. The lowest BCUT2D eigenvalue weighted by Crippen LogP contribution is -2.65. The first-order valence-electron chi connectivity index (χ1n) is 26.6. The van der Waals surface area contributed by atoms with Gasteiger partial charge in [0.1, 0.15) is 29.2 Å². The zero-order valence-corrected chi connectivity index (χ0v) is 44.7. The van der Waals surface area contributed by atoms with Crippen molar-refractivity contribution >= 4 is 74.5 Å². The van der Waals surface area contributed by atoms with E-state index >= 15 is 4.79 Å². The molecule has 0 spiro atoms. The van der Waals surface area contributed by atoms with E-state index in [4.69, 9.17) is 11.5 Å². The second kappa shape index (κ2) is 28.3. The SMILES string of the molecule is CC(=O)C[C@]1(C)CCCCCCC=CCCC[C@@](C)(C(=O)N[C@@H](CO)C(N)=O)NN[C@@H](CC(C)C)C(=O)C(=O)[C@H](CCC(N)=O)NC(=O)[C@H](Cc2c[nH]c3ccccc23)NC(=O)[C@H](Cc2c[nH]c3ccccc23)CC1=O. The number of benzene rings is 2. The maximum absolute atomic E-state index is 15.1. The fraction of sp³-hybridized carbons (Fsp3) is 0.526. The van der Waals surface area contributed by atoms with E-state index in [-0.39, 0.29) is 62.4 Å². The lowest BCUT2D eigenvalue weighted by molar-refractivity contribution is -0.141. The van der Waals surface area contributed by atoms with E-state index in [9.17, 15) is 43.5 Å². The van der Waals surface area contributed by atoms with E-state index in [2.05, 4.69) is 36.8 Å². The van der Waals surface area contributed by atoms with Crippen LogP contribution in [0.4, 0.5) is 0 Å². The highest BCUT2D eigenvalue weighted by Gasteiger charge is 2.41. The van der Waals surface area contributed by atoms with Gasteiger partial charge in [0.25, 0.3) is 0 Å². The average molecular weight is 1050 g/mol. The zero-order chi connectivity index (χ0) is 55.6. The third-order valence-corrected chi connectivity index (χ3v) is 14.5. The Morgan fingerprint density at radius 2 is 1.32 bits per heavy atom. The van der Waals surface area contributed by atoms with Gasteiger partial charge >= 0.3 is 0 Å². The highest BCUT2D eigenvalue weighted by molar-refractivity contribution is 6.41. The van der Waals surface area contributed by atoms with Crippen LogP contribution < -0.4 is 38.3 Å². The minimum atomic E-state index is -1.62. The molecule has 5 rings (SSSR count). The number of aromatic nitrogens is 2. The molecule has 4 aromatic rings. The Labute approximate surface area is 444 Å². The number of allylic oxidation sites excluding steroid dienone is 2. The minimum absolute atomic E-state index is 0.0159. The first kappa shape index (κ1) is 60.0. The Bertz CT molecular complexity index is 2730. The predicted octanol–water partition coefficient (Wildman–Crippen LogP) is 4.68. The lowest BCUT2D eigenvalue weighted by atomic mass is 9.73. The molecule has 0 saturated heterocycles. The molecule has 1 aliphatic heterocycles. The molecule has 0 aliphatic carbocycles. The number of nitrogens with one attached hydrogen (secondary N) is 7. The topological polar surface area (TPSA) is 318 Å². The second-order valence-corrected chi connectivity index (χ2v) is 21.5. The van der Waals surface area contributed by atoms with Crippen molar-refractivity contribution in [1.29, 1.82) is 0 Å². The monoisotopic (exact) mass is 1050 g/mol. The fourth-order valence-corrected chi connectivity index (χ4v) is 10.0. The van der Waals surface area contributed by atoms with Crippen molar-refractivity contribution in [3.05, 3.63) is 84.2 Å². The normalized spacial score (nSPS) is 24.2. The number of hydrazine groups is 1. The summed E-state index contributed by atoms with van der Waals surface area (Å²) < 4.78 is 0. The van der Waals surface area contributed by atoms with Crippen molar-refractivity contribution in [2.45, 2.75) is 167 Å². The summed E-state index contributed by atoms with van der Waals surface area (Å²) in [6.45, 7) is 7.65. The molecule has 5 amide bonds. The molecule has 0 bridgehead atoms. The van der Waals surface area contributed by atoms with E-state index in [0.717, 1.165) is 53.1 Å². The number of primary amides is 2. The Hall–Kier alpha value is -6.83. The molecule has 412 valence electrons. The van der Waals surface area contributed by atoms with Crippen LogP contribution in [0, 0.1) is 17.3 Å². The van der Waals surface area contributed by atoms with E-state index in [1.165, 1.54) is 6.92 Å². The van der Waals surface area contributed by atoms with E-state index in [0.29, 0.717) is 31.2 Å². The third-order valence-electron chi connectivity index (χ3n) is 14.5. The van der Waals surface area contributed by atoms with Crippen LogP contribution in [-0.2, 0) is 56.0 Å². The highest BCUT2D eigenvalue weighted by atomic mass is 16.3. The molecule has 19 heteroatoms. The van der Waals surface area contributed by atoms with Crippen LogP contribution in [0.25, 0.3) is 21.8 Å². The maximum Gasteiger partial charge on any atom is 0.243 e. The number of para-hydroxylation sites is 2. The quantitative estimate of drug-likeness (QED) is 0.0574. The molecule has 0 unspecified atom stereocenters. The number of ketones is 4. The number of fused-ring (bicyclic) bond motifs is 2. The zero-order valence-electron chi connectivity index (χ0n) is 44.7. The number of nitrogens with two attached hydrogens (primary N) is 2. The fourth-order valence-electron chi connectivity index (χ4n) is 10.0. The standard InChI is InChI=1S/C57H79N9O10/c1-35(2)27-45-51(72)50(71)44(23-24-49(58)70)62-54(75)46(29-39-33-61-43-22-16-14-20-41(39)43)63-53(74)37(28-38-32-60-42-21-15-13-19-40(38)42)30-48(69)56(4,31-36(3)68)25-17-11-9-7-6-8-10-12-18-26-57(5,66-65-45)55(76)64-47(34-67)52(59)73/h8,10,13-16,19-22,32-33,35,37,44-47,60-61,65-67H,6-7,9,11-12,17-18,23-31,34H2,1-5H3,(H2,58,70)(H2,59,73)(H,62,75)(H,63,74)(H,64,76)/t37-,44+,45+,46+,47+,56+,57+/m1/s1. The van der Waals surface area contributed by atoms with Crippen molar-refractivity contribution in [2.75, 3.05) is 6.61 Å². The molecule has 76 heavy (non-hydrogen) atoms. The van der Waals surface area contributed by atoms with Gasteiger partial charge in [-0.3, -0.25) is 43.2 Å². The van der Waals surface area contributed by atoms with Crippen LogP contribution in [0.3, 0.4) is 0 Å².